The van der Waals surface area contributed by atoms with Gasteiger partial charge in [-0.2, -0.15) is 0 Å². The van der Waals surface area contributed by atoms with Crippen molar-refractivity contribution < 1.29 is 22.7 Å². The Labute approximate surface area is 232 Å². The Morgan fingerprint density at radius 1 is 1.00 bits per heavy atom. The molecule has 3 aromatic rings. The maximum absolute atomic E-state index is 13.9. The number of anilines is 1. The molecule has 0 spiro atoms. The fourth-order valence-corrected chi connectivity index (χ4v) is 6.13. The number of nitrogens with zero attached hydrogens (tertiary/aromatic N) is 1. The van der Waals surface area contributed by atoms with Crippen molar-refractivity contribution in [3.05, 3.63) is 82.9 Å². The average Bonchev–Trinajstić information content (AvgIpc) is 2.94. The molecule has 0 aliphatic carbocycles. The fraction of sp³-hybridized carbons (Fsp3) is 0.387. The number of hydrogen-bond acceptors (Lipinski definition) is 5. The van der Waals surface area contributed by atoms with E-state index in [1.165, 1.54) is 34.7 Å². The molecule has 0 saturated heterocycles. The molecule has 1 N–H and O–H groups in total. The Morgan fingerprint density at radius 2 is 1.72 bits per heavy atom. The van der Waals surface area contributed by atoms with Crippen LogP contribution in [0.2, 0.25) is 0 Å². The highest BCUT2D eigenvalue weighted by Crippen LogP contribution is 2.40. The number of ether oxygens (including phenoxy) is 2. The first-order valence-corrected chi connectivity index (χ1v) is 14.8. The summed E-state index contributed by atoms with van der Waals surface area (Å²) in [6.07, 6.45) is 0.750. The molecule has 4 rings (SSSR count). The molecule has 7 nitrogen and oxygen atoms in total. The molecule has 208 valence electrons. The second-order valence-electron chi connectivity index (χ2n) is 10.8. The summed E-state index contributed by atoms with van der Waals surface area (Å²) in [5, 5.41) is 2.99. The molecule has 1 heterocycles. The highest BCUT2D eigenvalue weighted by molar-refractivity contribution is 7.92. The maximum atomic E-state index is 13.9. The van der Waals surface area contributed by atoms with E-state index in [4.69, 9.17) is 9.47 Å². The Kier molecular flexibility index (Phi) is 8.25. The van der Waals surface area contributed by atoms with Gasteiger partial charge in [-0.25, -0.2) is 8.42 Å². The van der Waals surface area contributed by atoms with Gasteiger partial charge in [-0.3, -0.25) is 9.10 Å². The lowest BCUT2D eigenvalue weighted by atomic mass is 9.86. The van der Waals surface area contributed by atoms with Crippen LogP contribution >= 0.6 is 0 Å². The van der Waals surface area contributed by atoms with Crippen LogP contribution in [0.15, 0.2) is 65.6 Å². The van der Waals surface area contributed by atoms with Gasteiger partial charge in [-0.05, 0) is 76.9 Å². The molecule has 0 saturated carbocycles. The molecule has 8 heteroatoms. The quantitative estimate of drug-likeness (QED) is 0.407. The molecule has 1 atom stereocenters. The number of amides is 1. The van der Waals surface area contributed by atoms with E-state index in [1.807, 2.05) is 12.1 Å². The molecule has 39 heavy (non-hydrogen) atoms. The Bertz CT molecular complexity index is 1440. The van der Waals surface area contributed by atoms with Crippen LogP contribution in [0.4, 0.5) is 5.69 Å². The summed E-state index contributed by atoms with van der Waals surface area (Å²) in [6, 6.07) is 18.1. The third-order valence-corrected chi connectivity index (χ3v) is 8.94. The van der Waals surface area contributed by atoms with Crippen molar-refractivity contribution >= 4 is 21.6 Å². The van der Waals surface area contributed by atoms with Crippen LogP contribution in [0.1, 0.15) is 56.9 Å². The van der Waals surface area contributed by atoms with Crippen molar-refractivity contribution in [1.82, 2.24) is 5.32 Å². The summed E-state index contributed by atoms with van der Waals surface area (Å²) >= 11 is 0. The molecule has 1 amide bonds. The third-order valence-electron chi connectivity index (χ3n) is 7.15. The smallest absolute Gasteiger partial charge is 0.264 e. The molecule has 0 unspecified atom stereocenters. The number of aryl methyl sites for hydroxylation is 2. The van der Waals surface area contributed by atoms with E-state index in [-0.39, 0.29) is 22.8 Å². The molecule has 1 aliphatic heterocycles. The van der Waals surface area contributed by atoms with Gasteiger partial charge in [0, 0.05) is 6.54 Å². The van der Waals surface area contributed by atoms with Gasteiger partial charge in [0.2, 0.25) is 0 Å². The number of hydrogen-bond donors (Lipinski definition) is 1. The van der Waals surface area contributed by atoms with Crippen molar-refractivity contribution in [1.29, 1.82) is 0 Å². The summed E-state index contributed by atoms with van der Waals surface area (Å²) in [7, 11) is -2.47. The number of sulfonamides is 1. The van der Waals surface area contributed by atoms with Gasteiger partial charge in [-0.15, -0.1) is 0 Å². The molecule has 1 aliphatic rings. The minimum atomic E-state index is -4.00. The number of rotatable bonds is 8. The second-order valence-corrected chi connectivity index (χ2v) is 12.6. The van der Waals surface area contributed by atoms with Crippen LogP contribution < -0.4 is 19.1 Å². The van der Waals surface area contributed by atoms with Crippen LogP contribution in [0.25, 0.3) is 0 Å². The SMILES string of the molecule is CCc1ccc(CC)c(CNC(=O)[C@@H]2CN(S(=O)(=O)c3ccc(OC)cc3)c3cc(C(C)(C)C)ccc3O2)c1. The molecule has 0 aromatic heterocycles. The van der Waals surface area contributed by atoms with E-state index in [0.717, 1.165) is 24.0 Å². The van der Waals surface area contributed by atoms with Crippen molar-refractivity contribution in [2.75, 3.05) is 18.0 Å². The molecule has 0 bridgehead atoms. The molecule has 0 fully saturated rings. The topological polar surface area (TPSA) is 84.9 Å². The van der Waals surface area contributed by atoms with Gasteiger partial charge in [0.15, 0.2) is 6.10 Å². The number of fused-ring (bicyclic) bond motifs is 1. The first-order chi connectivity index (χ1) is 18.5. The monoisotopic (exact) mass is 550 g/mol. The van der Waals surface area contributed by atoms with E-state index in [9.17, 15) is 13.2 Å². The lowest BCUT2D eigenvalue weighted by Gasteiger charge is -2.36. The minimum Gasteiger partial charge on any atom is -0.497 e. The van der Waals surface area contributed by atoms with Crippen molar-refractivity contribution in [3.8, 4) is 11.5 Å². The Hall–Kier alpha value is -3.52. The maximum Gasteiger partial charge on any atom is 0.264 e. The second kappa shape index (κ2) is 11.3. The number of carbonyl (C=O) groups excluding carboxylic acids is 1. The van der Waals surface area contributed by atoms with Gasteiger partial charge < -0.3 is 14.8 Å². The molecular formula is C31H38N2O5S. The van der Waals surface area contributed by atoms with Gasteiger partial charge in [-0.1, -0.05) is 58.9 Å². The standard InChI is InChI=1S/C31H38N2O5S/c1-7-21-9-10-22(8-2)23(17-21)19-32-30(34)29-20-33(39(35,36)26-14-12-25(37-6)13-15-26)27-18-24(31(3,4)5)11-16-28(27)38-29/h9-18,29H,7-8,19-20H2,1-6H3,(H,32,34)/t29-/m0/s1. The van der Waals surface area contributed by atoms with Crippen LogP contribution in [0.3, 0.4) is 0 Å². The average molecular weight is 551 g/mol. The number of methoxy groups -OCH3 is 1. The highest BCUT2D eigenvalue weighted by Gasteiger charge is 2.38. The molecule has 0 radical (unpaired) electrons. The summed E-state index contributed by atoms with van der Waals surface area (Å²) < 4.78 is 40.4. The lowest BCUT2D eigenvalue weighted by Crippen LogP contribution is -2.50. The van der Waals surface area contributed by atoms with Crippen LogP contribution in [0, 0.1) is 0 Å². The lowest BCUT2D eigenvalue weighted by molar-refractivity contribution is -0.127. The summed E-state index contributed by atoms with van der Waals surface area (Å²) in [5.41, 5.74) is 4.60. The van der Waals surface area contributed by atoms with Crippen molar-refractivity contribution in [2.45, 2.75) is 70.4 Å². The van der Waals surface area contributed by atoms with Crippen molar-refractivity contribution in [2.24, 2.45) is 0 Å². The number of carbonyl (C=O) groups is 1. The molecule has 3 aromatic carbocycles. The number of nitrogens with one attached hydrogen (secondary N) is 1. The normalized spacial score (nSPS) is 15.3. The van der Waals surface area contributed by atoms with Crippen LogP contribution in [0.5, 0.6) is 11.5 Å². The van der Waals surface area contributed by atoms with E-state index in [1.54, 1.807) is 18.2 Å². The summed E-state index contributed by atoms with van der Waals surface area (Å²) in [5.74, 6) is 0.551. The number of benzene rings is 3. The van der Waals surface area contributed by atoms with Gasteiger partial charge in [0.05, 0.1) is 24.2 Å². The van der Waals surface area contributed by atoms with Gasteiger partial charge in [0.1, 0.15) is 11.5 Å². The zero-order valence-corrected chi connectivity index (χ0v) is 24.4. The van der Waals surface area contributed by atoms with E-state index in [0.29, 0.717) is 23.7 Å². The zero-order valence-electron chi connectivity index (χ0n) is 23.6. The van der Waals surface area contributed by atoms with E-state index in [2.05, 4.69) is 58.1 Å². The first kappa shape index (κ1) is 28.5. The summed E-state index contributed by atoms with van der Waals surface area (Å²) in [6.45, 7) is 10.6. The fourth-order valence-electron chi connectivity index (χ4n) is 4.66. The Balaban J connectivity index is 1.67. The van der Waals surface area contributed by atoms with E-state index < -0.39 is 16.1 Å². The van der Waals surface area contributed by atoms with Crippen LogP contribution in [-0.4, -0.2) is 34.1 Å². The molecular weight excluding hydrogens is 512 g/mol. The van der Waals surface area contributed by atoms with Gasteiger partial charge >= 0.3 is 0 Å². The van der Waals surface area contributed by atoms with Gasteiger partial charge in [0.25, 0.3) is 15.9 Å². The van der Waals surface area contributed by atoms with Crippen LogP contribution in [-0.2, 0) is 39.6 Å². The predicted octanol–water partition coefficient (Wildman–Crippen LogP) is 5.39. The third kappa shape index (κ3) is 6.06. The highest BCUT2D eigenvalue weighted by atomic mass is 32.2. The largest absolute Gasteiger partial charge is 0.497 e. The predicted molar refractivity (Wildman–Crippen MR) is 154 cm³/mol. The van der Waals surface area contributed by atoms with Crippen molar-refractivity contribution in [3.63, 3.8) is 0 Å². The summed E-state index contributed by atoms with van der Waals surface area (Å²) in [4.78, 5) is 13.5. The Morgan fingerprint density at radius 3 is 2.33 bits per heavy atom. The zero-order chi connectivity index (χ0) is 28.4. The van der Waals surface area contributed by atoms with E-state index >= 15 is 0 Å². The minimum absolute atomic E-state index is 0.112. The first-order valence-electron chi connectivity index (χ1n) is 13.3.